The van der Waals surface area contributed by atoms with Gasteiger partial charge in [0, 0.05) is 32.0 Å². The molecule has 0 amide bonds. The van der Waals surface area contributed by atoms with Crippen molar-refractivity contribution in [1.29, 1.82) is 0 Å². The highest BCUT2D eigenvalue weighted by Gasteiger charge is 2.22. The summed E-state index contributed by atoms with van der Waals surface area (Å²) in [5.74, 6) is 3.20. The second kappa shape index (κ2) is 11.1. The first-order valence-electron chi connectivity index (χ1n) is 11.4. The van der Waals surface area contributed by atoms with E-state index in [4.69, 9.17) is 10.5 Å². The average molecular weight is 416 g/mol. The first-order chi connectivity index (χ1) is 15.3. The van der Waals surface area contributed by atoms with E-state index in [0.717, 1.165) is 49.5 Å². The molecule has 1 fully saturated rings. The van der Waals surface area contributed by atoms with E-state index in [9.17, 15) is 0 Å². The van der Waals surface area contributed by atoms with Gasteiger partial charge in [0.15, 0.2) is 0 Å². The summed E-state index contributed by atoms with van der Waals surface area (Å²) in [5, 5.41) is 0. The van der Waals surface area contributed by atoms with Crippen LogP contribution in [0.25, 0.3) is 0 Å². The highest BCUT2D eigenvalue weighted by molar-refractivity contribution is 5.33. The van der Waals surface area contributed by atoms with Crippen molar-refractivity contribution in [2.75, 3.05) is 13.1 Å². The van der Waals surface area contributed by atoms with Crippen molar-refractivity contribution >= 4 is 0 Å². The van der Waals surface area contributed by atoms with Crippen molar-refractivity contribution in [3.8, 4) is 11.5 Å². The van der Waals surface area contributed by atoms with Gasteiger partial charge in [-0.1, -0.05) is 36.4 Å². The number of ether oxygens (including phenoxy) is 1. The monoisotopic (exact) mass is 415 g/mol. The second-order valence-corrected chi connectivity index (χ2v) is 8.72. The second-order valence-electron chi connectivity index (χ2n) is 8.72. The molecule has 2 N–H and O–H groups in total. The smallest absolute Gasteiger partial charge is 0.127 e. The molecule has 0 saturated heterocycles. The minimum atomic E-state index is 0.717. The summed E-state index contributed by atoms with van der Waals surface area (Å²) in [6.45, 7) is 3.75. The summed E-state index contributed by atoms with van der Waals surface area (Å²) < 4.78 is 6.05. The molecule has 4 heteroatoms. The van der Waals surface area contributed by atoms with Crippen molar-refractivity contribution in [3.63, 3.8) is 0 Å². The number of nitrogens with zero attached hydrogens (tertiary/aromatic N) is 2. The molecule has 4 rings (SSSR count). The molecule has 2 aromatic carbocycles. The van der Waals surface area contributed by atoms with Gasteiger partial charge < -0.3 is 10.5 Å². The lowest BCUT2D eigenvalue weighted by atomic mass is 9.82. The maximum Gasteiger partial charge on any atom is 0.127 e. The Labute approximate surface area is 186 Å². The first-order valence-corrected chi connectivity index (χ1v) is 11.4. The van der Waals surface area contributed by atoms with Crippen molar-refractivity contribution < 1.29 is 4.74 Å². The molecular weight excluding hydrogens is 382 g/mol. The van der Waals surface area contributed by atoms with Gasteiger partial charge in [-0.25, -0.2) is 0 Å². The lowest BCUT2D eigenvalue weighted by Gasteiger charge is -2.32. The Hall–Kier alpha value is -2.69. The van der Waals surface area contributed by atoms with E-state index in [1.807, 2.05) is 54.9 Å². The van der Waals surface area contributed by atoms with E-state index in [1.54, 1.807) is 0 Å². The zero-order chi connectivity index (χ0) is 21.3. The molecule has 4 nitrogen and oxygen atoms in total. The molecule has 0 bridgehead atoms. The van der Waals surface area contributed by atoms with E-state index in [0.29, 0.717) is 0 Å². The Bertz CT molecular complexity index is 908. The Balaban J connectivity index is 1.44. The van der Waals surface area contributed by atoms with Gasteiger partial charge in [0.2, 0.25) is 0 Å². The maximum atomic E-state index is 6.05. The van der Waals surface area contributed by atoms with Gasteiger partial charge in [0.1, 0.15) is 11.5 Å². The molecule has 0 radical (unpaired) electrons. The number of aromatic nitrogens is 1. The standard InChI is InChI=1S/C27H33N3O/c28-17-22-11-13-23(14-12-22)19-30(21-25-7-5-15-29-18-25)20-24-6-4-10-27(16-24)31-26-8-2-1-3-9-26/h1-10,15-16,18,22-23H,11-14,17,19-21,28H2. The van der Waals surface area contributed by atoms with Gasteiger partial charge in [-0.3, -0.25) is 9.88 Å². The largest absolute Gasteiger partial charge is 0.457 e. The fourth-order valence-corrected chi connectivity index (χ4v) is 4.54. The quantitative estimate of drug-likeness (QED) is 0.491. The SMILES string of the molecule is NCC1CCC(CN(Cc2cccnc2)Cc2cccc(Oc3ccccc3)c2)CC1. The van der Waals surface area contributed by atoms with Crippen LogP contribution in [0, 0.1) is 11.8 Å². The van der Waals surface area contributed by atoms with Gasteiger partial charge >= 0.3 is 0 Å². The topological polar surface area (TPSA) is 51.4 Å². The summed E-state index contributed by atoms with van der Waals surface area (Å²) in [5.41, 5.74) is 8.42. The molecule has 1 aromatic heterocycles. The van der Waals surface area contributed by atoms with E-state index < -0.39 is 0 Å². The Morgan fingerprint density at radius 2 is 1.52 bits per heavy atom. The van der Waals surface area contributed by atoms with Crippen LogP contribution in [-0.2, 0) is 13.1 Å². The summed E-state index contributed by atoms with van der Waals surface area (Å²) in [6, 6.07) is 22.6. The maximum absolute atomic E-state index is 6.05. The molecule has 0 spiro atoms. The van der Waals surface area contributed by atoms with Crippen molar-refractivity contribution in [1.82, 2.24) is 9.88 Å². The van der Waals surface area contributed by atoms with Gasteiger partial charge in [0.25, 0.3) is 0 Å². The van der Waals surface area contributed by atoms with Crippen LogP contribution in [0.2, 0.25) is 0 Å². The molecular formula is C27H33N3O. The van der Waals surface area contributed by atoms with Crippen LogP contribution in [0.5, 0.6) is 11.5 Å². The van der Waals surface area contributed by atoms with Crippen molar-refractivity contribution in [2.45, 2.75) is 38.8 Å². The van der Waals surface area contributed by atoms with E-state index in [2.05, 4.69) is 34.1 Å². The molecule has 162 valence electrons. The molecule has 1 heterocycles. The normalized spacial score (nSPS) is 18.8. The fourth-order valence-electron chi connectivity index (χ4n) is 4.54. The van der Waals surface area contributed by atoms with Crippen molar-refractivity contribution in [3.05, 3.63) is 90.3 Å². The van der Waals surface area contributed by atoms with Crippen LogP contribution in [-0.4, -0.2) is 23.0 Å². The summed E-state index contributed by atoms with van der Waals surface area (Å²) in [4.78, 5) is 6.87. The zero-order valence-electron chi connectivity index (χ0n) is 18.2. The van der Waals surface area contributed by atoms with E-state index in [1.165, 1.54) is 36.8 Å². The Morgan fingerprint density at radius 3 is 2.26 bits per heavy atom. The fraction of sp³-hybridized carbons (Fsp3) is 0.370. The third-order valence-corrected chi connectivity index (χ3v) is 6.23. The van der Waals surface area contributed by atoms with Crippen LogP contribution in [0.1, 0.15) is 36.8 Å². The van der Waals surface area contributed by atoms with Gasteiger partial charge in [-0.15, -0.1) is 0 Å². The summed E-state index contributed by atoms with van der Waals surface area (Å²) in [7, 11) is 0. The van der Waals surface area contributed by atoms with Crippen LogP contribution >= 0.6 is 0 Å². The predicted molar refractivity (Wildman–Crippen MR) is 126 cm³/mol. The Kier molecular flexibility index (Phi) is 7.70. The summed E-state index contributed by atoms with van der Waals surface area (Å²) >= 11 is 0. The third kappa shape index (κ3) is 6.65. The zero-order valence-corrected chi connectivity index (χ0v) is 18.2. The highest BCUT2D eigenvalue weighted by atomic mass is 16.5. The molecule has 31 heavy (non-hydrogen) atoms. The molecule has 0 unspecified atom stereocenters. The van der Waals surface area contributed by atoms with Crippen LogP contribution in [0.15, 0.2) is 79.1 Å². The minimum Gasteiger partial charge on any atom is -0.457 e. The summed E-state index contributed by atoms with van der Waals surface area (Å²) in [6.07, 6.45) is 8.91. The molecule has 1 aliphatic rings. The minimum absolute atomic E-state index is 0.717. The molecule has 3 aromatic rings. The van der Waals surface area contributed by atoms with E-state index in [-0.39, 0.29) is 0 Å². The molecule has 0 atom stereocenters. The number of benzene rings is 2. The van der Waals surface area contributed by atoms with Crippen molar-refractivity contribution in [2.24, 2.45) is 17.6 Å². The van der Waals surface area contributed by atoms with E-state index >= 15 is 0 Å². The lowest BCUT2D eigenvalue weighted by molar-refractivity contribution is 0.170. The molecule has 1 saturated carbocycles. The average Bonchev–Trinajstić information content (AvgIpc) is 2.81. The van der Waals surface area contributed by atoms with Gasteiger partial charge in [-0.05, 0) is 85.5 Å². The molecule has 1 aliphatic carbocycles. The number of para-hydroxylation sites is 1. The highest BCUT2D eigenvalue weighted by Crippen LogP contribution is 2.30. The van der Waals surface area contributed by atoms with Crippen LogP contribution in [0.4, 0.5) is 0 Å². The van der Waals surface area contributed by atoms with Gasteiger partial charge in [0.05, 0.1) is 0 Å². The number of nitrogens with two attached hydrogens (primary N) is 1. The predicted octanol–water partition coefficient (Wildman–Crippen LogP) is 5.64. The number of pyridine rings is 1. The van der Waals surface area contributed by atoms with Crippen LogP contribution < -0.4 is 10.5 Å². The number of hydrogen-bond donors (Lipinski definition) is 1. The van der Waals surface area contributed by atoms with Gasteiger partial charge in [-0.2, -0.15) is 0 Å². The molecule has 0 aliphatic heterocycles. The third-order valence-electron chi connectivity index (χ3n) is 6.23. The number of hydrogen-bond acceptors (Lipinski definition) is 4. The first kappa shape index (κ1) is 21.5. The Morgan fingerprint density at radius 1 is 0.806 bits per heavy atom. The number of rotatable bonds is 9. The van der Waals surface area contributed by atoms with Crippen LogP contribution in [0.3, 0.4) is 0 Å². The lowest BCUT2D eigenvalue weighted by Crippen LogP contribution is -2.32.